The summed E-state index contributed by atoms with van der Waals surface area (Å²) in [6.45, 7) is 4.15. The van der Waals surface area contributed by atoms with Crippen LogP contribution in [0.5, 0.6) is 0 Å². The van der Waals surface area contributed by atoms with Crippen molar-refractivity contribution in [1.82, 2.24) is 0 Å². The topological polar surface area (TPSA) is 93.7 Å². The van der Waals surface area contributed by atoms with E-state index < -0.39 is 6.04 Å². The van der Waals surface area contributed by atoms with E-state index in [1.165, 1.54) is 6.08 Å². The van der Waals surface area contributed by atoms with Crippen molar-refractivity contribution >= 4 is 29.1 Å². The molecule has 7 nitrogen and oxygen atoms in total. The third-order valence-corrected chi connectivity index (χ3v) is 4.58. The van der Waals surface area contributed by atoms with Crippen LogP contribution in [0.3, 0.4) is 0 Å². The number of nitrogens with one attached hydrogen (secondary N) is 2. The SMILES string of the molecule is CCOC(=O)c1ccc(N[C@H]2C=CC(=O)[C@H]2Nc2ccc(C(=O)OCC)cc2)cc1. The van der Waals surface area contributed by atoms with Gasteiger partial charge in [-0.25, -0.2) is 9.59 Å². The molecule has 30 heavy (non-hydrogen) atoms. The molecule has 0 aliphatic heterocycles. The molecule has 0 radical (unpaired) electrons. The molecular weight excluding hydrogens is 384 g/mol. The molecule has 156 valence electrons. The predicted octanol–water partition coefficient (Wildman–Crippen LogP) is 3.44. The molecule has 0 saturated carbocycles. The number of esters is 2. The third kappa shape index (κ3) is 5.05. The van der Waals surface area contributed by atoms with Gasteiger partial charge in [-0.15, -0.1) is 0 Å². The molecule has 2 N–H and O–H groups in total. The van der Waals surface area contributed by atoms with Gasteiger partial charge in [0.05, 0.1) is 30.4 Å². The zero-order valence-electron chi connectivity index (χ0n) is 16.9. The Hall–Kier alpha value is -3.61. The van der Waals surface area contributed by atoms with Crippen LogP contribution in [0.2, 0.25) is 0 Å². The lowest BCUT2D eigenvalue weighted by Crippen LogP contribution is -2.39. The summed E-state index contributed by atoms with van der Waals surface area (Å²) in [6.07, 6.45) is 3.33. The maximum Gasteiger partial charge on any atom is 0.338 e. The first kappa shape index (κ1) is 21.1. The standard InChI is InChI=1S/C23H24N2O5/c1-3-29-22(27)15-5-9-17(10-6-15)24-19-13-14-20(26)21(19)25-18-11-7-16(8-12-18)23(28)30-4-2/h5-14,19,21,24-25H,3-4H2,1-2H3/t19-,21-/m0/s1. The highest BCUT2D eigenvalue weighted by Crippen LogP contribution is 2.21. The molecular formula is C23H24N2O5. The summed E-state index contributed by atoms with van der Waals surface area (Å²) >= 11 is 0. The molecule has 7 heteroatoms. The minimum atomic E-state index is -0.497. The Morgan fingerprint density at radius 2 is 1.27 bits per heavy atom. The normalized spacial score (nSPS) is 17.5. The minimum absolute atomic E-state index is 0.0508. The van der Waals surface area contributed by atoms with E-state index in [0.717, 1.165) is 11.4 Å². The Morgan fingerprint density at radius 1 is 0.800 bits per heavy atom. The van der Waals surface area contributed by atoms with Gasteiger partial charge >= 0.3 is 11.9 Å². The van der Waals surface area contributed by atoms with Crippen LogP contribution in [-0.4, -0.2) is 43.0 Å². The Bertz CT molecular complexity index is 935. The quantitative estimate of drug-likeness (QED) is 0.646. The number of hydrogen-bond acceptors (Lipinski definition) is 7. The number of carbonyl (C=O) groups is 3. The molecule has 0 heterocycles. The van der Waals surface area contributed by atoms with Crippen LogP contribution < -0.4 is 10.6 Å². The Balaban J connectivity index is 1.65. The predicted molar refractivity (Wildman–Crippen MR) is 114 cm³/mol. The second-order valence-electron chi connectivity index (χ2n) is 6.65. The second-order valence-corrected chi connectivity index (χ2v) is 6.65. The van der Waals surface area contributed by atoms with Crippen molar-refractivity contribution in [3.63, 3.8) is 0 Å². The number of benzene rings is 2. The number of rotatable bonds is 8. The van der Waals surface area contributed by atoms with Crippen molar-refractivity contribution in [3.05, 3.63) is 71.8 Å². The molecule has 0 amide bonds. The summed E-state index contributed by atoms with van der Waals surface area (Å²) in [5.74, 6) is -0.802. The molecule has 1 aliphatic rings. The molecule has 3 rings (SSSR count). The lowest BCUT2D eigenvalue weighted by atomic mass is 10.1. The van der Waals surface area contributed by atoms with Crippen LogP contribution in [0.1, 0.15) is 34.6 Å². The van der Waals surface area contributed by atoms with E-state index in [1.807, 2.05) is 0 Å². The fourth-order valence-corrected chi connectivity index (χ4v) is 3.09. The summed E-state index contributed by atoms with van der Waals surface area (Å²) in [6, 6.07) is 12.9. The van der Waals surface area contributed by atoms with Gasteiger partial charge < -0.3 is 20.1 Å². The maximum atomic E-state index is 12.3. The summed E-state index contributed by atoms with van der Waals surface area (Å²) in [5.41, 5.74) is 2.41. The summed E-state index contributed by atoms with van der Waals surface area (Å²) in [5, 5.41) is 6.49. The smallest absolute Gasteiger partial charge is 0.338 e. The van der Waals surface area contributed by atoms with E-state index in [-0.39, 0.29) is 23.8 Å². The van der Waals surface area contributed by atoms with Gasteiger partial charge in [0.1, 0.15) is 6.04 Å². The highest BCUT2D eigenvalue weighted by atomic mass is 16.5. The number of hydrogen-bond donors (Lipinski definition) is 2. The Kier molecular flexibility index (Phi) is 6.85. The molecule has 2 aromatic carbocycles. The molecule has 0 spiro atoms. The van der Waals surface area contributed by atoms with Gasteiger partial charge in [0.2, 0.25) is 0 Å². The zero-order chi connectivity index (χ0) is 21.5. The molecule has 0 bridgehead atoms. The molecule has 1 aliphatic carbocycles. The molecule has 0 fully saturated rings. The lowest BCUT2D eigenvalue weighted by molar-refractivity contribution is -0.114. The van der Waals surface area contributed by atoms with E-state index >= 15 is 0 Å². The first-order valence-corrected chi connectivity index (χ1v) is 9.81. The van der Waals surface area contributed by atoms with Crippen LogP contribution in [-0.2, 0) is 14.3 Å². The van der Waals surface area contributed by atoms with Crippen LogP contribution in [0, 0.1) is 0 Å². The molecule has 0 saturated heterocycles. The number of carbonyl (C=O) groups excluding carboxylic acids is 3. The van der Waals surface area contributed by atoms with Crippen LogP contribution >= 0.6 is 0 Å². The zero-order valence-corrected chi connectivity index (χ0v) is 16.9. The molecule has 2 aromatic rings. The molecule has 0 aromatic heterocycles. The average molecular weight is 408 g/mol. The van der Waals surface area contributed by atoms with Crippen LogP contribution in [0.15, 0.2) is 60.7 Å². The minimum Gasteiger partial charge on any atom is -0.462 e. The van der Waals surface area contributed by atoms with Crippen LogP contribution in [0.4, 0.5) is 11.4 Å². The Morgan fingerprint density at radius 3 is 1.73 bits per heavy atom. The van der Waals surface area contributed by atoms with Gasteiger partial charge in [-0.3, -0.25) is 4.79 Å². The van der Waals surface area contributed by atoms with Crippen molar-refractivity contribution in [3.8, 4) is 0 Å². The van der Waals surface area contributed by atoms with Gasteiger partial charge in [0.15, 0.2) is 5.78 Å². The number of ether oxygens (including phenoxy) is 2. The summed E-state index contributed by atoms with van der Waals surface area (Å²) in [7, 11) is 0. The fourth-order valence-electron chi connectivity index (χ4n) is 3.09. The van der Waals surface area contributed by atoms with E-state index in [0.29, 0.717) is 24.3 Å². The van der Waals surface area contributed by atoms with Crippen LogP contribution in [0.25, 0.3) is 0 Å². The first-order valence-electron chi connectivity index (χ1n) is 9.81. The number of anilines is 2. The van der Waals surface area contributed by atoms with Crippen molar-refractivity contribution in [1.29, 1.82) is 0 Å². The lowest BCUT2D eigenvalue weighted by Gasteiger charge is -2.23. The van der Waals surface area contributed by atoms with E-state index in [2.05, 4.69) is 10.6 Å². The van der Waals surface area contributed by atoms with Crippen molar-refractivity contribution < 1.29 is 23.9 Å². The van der Waals surface area contributed by atoms with Crippen molar-refractivity contribution in [2.24, 2.45) is 0 Å². The van der Waals surface area contributed by atoms with E-state index in [4.69, 9.17) is 9.47 Å². The highest BCUT2D eigenvalue weighted by molar-refractivity contribution is 6.00. The maximum absolute atomic E-state index is 12.3. The highest BCUT2D eigenvalue weighted by Gasteiger charge is 2.30. The van der Waals surface area contributed by atoms with Crippen molar-refractivity contribution in [2.45, 2.75) is 25.9 Å². The largest absolute Gasteiger partial charge is 0.462 e. The van der Waals surface area contributed by atoms with Gasteiger partial charge in [-0.2, -0.15) is 0 Å². The number of ketones is 1. The summed E-state index contributed by atoms with van der Waals surface area (Å²) < 4.78 is 9.96. The van der Waals surface area contributed by atoms with E-state index in [1.54, 1.807) is 68.5 Å². The van der Waals surface area contributed by atoms with Gasteiger partial charge in [0.25, 0.3) is 0 Å². The van der Waals surface area contributed by atoms with Crippen molar-refractivity contribution in [2.75, 3.05) is 23.8 Å². The fraction of sp³-hybridized carbons (Fsp3) is 0.261. The average Bonchev–Trinajstić information content (AvgIpc) is 3.08. The first-order chi connectivity index (χ1) is 14.5. The third-order valence-electron chi connectivity index (χ3n) is 4.58. The Labute approximate surface area is 175 Å². The second kappa shape index (κ2) is 9.73. The van der Waals surface area contributed by atoms with Gasteiger partial charge in [-0.05, 0) is 68.5 Å². The molecule has 0 unspecified atom stereocenters. The monoisotopic (exact) mass is 408 g/mol. The van der Waals surface area contributed by atoms with Gasteiger partial charge in [-0.1, -0.05) is 6.08 Å². The van der Waals surface area contributed by atoms with Gasteiger partial charge in [0, 0.05) is 11.4 Å². The van der Waals surface area contributed by atoms with E-state index in [9.17, 15) is 14.4 Å². The molecule has 2 atom stereocenters. The summed E-state index contributed by atoms with van der Waals surface area (Å²) in [4.78, 5) is 35.9.